The normalized spacial score (nSPS) is 14.8. The molecule has 0 aromatic heterocycles. The van der Waals surface area contributed by atoms with Gasteiger partial charge >= 0.3 is 11.8 Å². The van der Waals surface area contributed by atoms with Crippen molar-refractivity contribution in [3.05, 3.63) is 30.1 Å². The molecule has 0 spiro atoms. The van der Waals surface area contributed by atoms with Crippen LogP contribution in [0.25, 0.3) is 0 Å². The Hall–Kier alpha value is -1.91. The van der Waals surface area contributed by atoms with Gasteiger partial charge in [-0.3, -0.25) is 9.59 Å². The molecule has 17 heavy (non-hydrogen) atoms. The highest BCUT2D eigenvalue weighted by Crippen LogP contribution is 2.11. The second-order valence-electron chi connectivity index (χ2n) is 3.96. The molecule has 1 saturated heterocycles. The Morgan fingerprint density at radius 1 is 1.12 bits per heavy atom. The van der Waals surface area contributed by atoms with Crippen molar-refractivity contribution in [2.45, 2.75) is 12.8 Å². The van der Waals surface area contributed by atoms with E-state index < -0.39 is 11.8 Å². The third kappa shape index (κ3) is 2.81. The molecule has 0 atom stereocenters. The molecule has 1 aromatic rings. The summed E-state index contributed by atoms with van der Waals surface area (Å²) in [6.45, 7) is 1.27. The van der Waals surface area contributed by atoms with Crippen LogP contribution >= 0.6 is 0 Å². The summed E-state index contributed by atoms with van der Waals surface area (Å²) >= 11 is 0. The fourth-order valence-corrected chi connectivity index (χ4v) is 1.78. The number of nitrogens with zero attached hydrogens (tertiary/aromatic N) is 1. The Balaban J connectivity index is 1.96. The van der Waals surface area contributed by atoms with E-state index in [1.165, 1.54) is 29.2 Å². The van der Waals surface area contributed by atoms with Crippen LogP contribution in [0.5, 0.6) is 0 Å². The number of hydrogen-bond donors (Lipinski definition) is 1. The number of nitrogens with one attached hydrogen (secondary N) is 1. The molecule has 5 heteroatoms. The van der Waals surface area contributed by atoms with Crippen LogP contribution in [0.1, 0.15) is 12.8 Å². The Bertz CT molecular complexity index is 425. The SMILES string of the molecule is O=C(Nc1ccc(F)cc1)C(=O)N1CCCC1. The molecule has 0 unspecified atom stereocenters. The second kappa shape index (κ2) is 4.95. The van der Waals surface area contributed by atoms with Gasteiger partial charge in [0.1, 0.15) is 5.82 Å². The van der Waals surface area contributed by atoms with E-state index in [2.05, 4.69) is 5.32 Å². The van der Waals surface area contributed by atoms with Crippen LogP contribution < -0.4 is 5.32 Å². The minimum absolute atomic E-state index is 0.381. The lowest BCUT2D eigenvalue weighted by atomic mass is 10.3. The topological polar surface area (TPSA) is 49.4 Å². The van der Waals surface area contributed by atoms with Gasteiger partial charge in [0, 0.05) is 18.8 Å². The van der Waals surface area contributed by atoms with E-state index >= 15 is 0 Å². The Labute approximate surface area is 98.4 Å². The van der Waals surface area contributed by atoms with Gasteiger partial charge in [-0.15, -0.1) is 0 Å². The Morgan fingerprint density at radius 2 is 1.71 bits per heavy atom. The molecule has 1 heterocycles. The van der Waals surface area contributed by atoms with Crippen molar-refractivity contribution in [1.82, 2.24) is 4.90 Å². The zero-order chi connectivity index (χ0) is 12.3. The summed E-state index contributed by atoms with van der Waals surface area (Å²) in [7, 11) is 0. The van der Waals surface area contributed by atoms with Crippen molar-refractivity contribution in [2.75, 3.05) is 18.4 Å². The van der Waals surface area contributed by atoms with E-state index in [0.29, 0.717) is 18.8 Å². The zero-order valence-electron chi connectivity index (χ0n) is 9.28. The summed E-state index contributed by atoms with van der Waals surface area (Å²) in [5, 5.41) is 2.45. The van der Waals surface area contributed by atoms with Crippen molar-refractivity contribution < 1.29 is 14.0 Å². The number of amides is 2. The minimum atomic E-state index is -0.668. The standard InChI is InChI=1S/C12H13FN2O2/c13-9-3-5-10(6-4-9)14-11(16)12(17)15-7-1-2-8-15/h3-6H,1-2,7-8H2,(H,14,16). The first kappa shape index (κ1) is 11.6. The van der Waals surface area contributed by atoms with E-state index in [1.807, 2.05) is 0 Å². The first-order valence-electron chi connectivity index (χ1n) is 5.52. The van der Waals surface area contributed by atoms with E-state index in [9.17, 15) is 14.0 Å². The fourth-order valence-electron chi connectivity index (χ4n) is 1.78. The molecule has 1 aliphatic heterocycles. The maximum Gasteiger partial charge on any atom is 0.313 e. The lowest BCUT2D eigenvalue weighted by molar-refractivity contribution is -0.142. The molecule has 90 valence electrons. The van der Waals surface area contributed by atoms with E-state index in [0.717, 1.165) is 12.8 Å². The summed E-state index contributed by atoms with van der Waals surface area (Å²) in [5.74, 6) is -1.57. The van der Waals surface area contributed by atoms with Crippen LogP contribution in [-0.2, 0) is 9.59 Å². The molecule has 1 aliphatic rings. The van der Waals surface area contributed by atoms with Gasteiger partial charge in [0.15, 0.2) is 0 Å². The van der Waals surface area contributed by atoms with Gasteiger partial charge in [-0.25, -0.2) is 4.39 Å². The van der Waals surface area contributed by atoms with E-state index in [-0.39, 0.29) is 5.82 Å². The second-order valence-corrected chi connectivity index (χ2v) is 3.96. The van der Waals surface area contributed by atoms with Gasteiger partial charge < -0.3 is 10.2 Å². The predicted molar refractivity (Wildman–Crippen MR) is 60.8 cm³/mol. The number of benzene rings is 1. The van der Waals surface area contributed by atoms with Crippen molar-refractivity contribution >= 4 is 17.5 Å². The molecule has 2 amide bonds. The molecule has 2 rings (SSSR count). The van der Waals surface area contributed by atoms with Crippen LogP contribution in [0.3, 0.4) is 0 Å². The Morgan fingerprint density at radius 3 is 2.29 bits per heavy atom. The van der Waals surface area contributed by atoms with Crippen molar-refractivity contribution in [2.24, 2.45) is 0 Å². The van der Waals surface area contributed by atoms with Gasteiger partial charge in [-0.05, 0) is 37.1 Å². The molecular formula is C12H13FN2O2. The van der Waals surface area contributed by atoms with Crippen LogP contribution in [0, 0.1) is 5.82 Å². The van der Waals surface area contributed by atoms with Gasteiger partial charge in [0.05, 0.1) is 0 Å². The summed E-state index contributed by atoms with van der Waals surface area (Å²) in [6.07, 6.45) is 1.88. The third-order valence-corrected chi connectivity index (χ3v) is 2.69. The van der Waals surface area contributed by atoms with Crippen LogP contribution in [0.15, 0.2) is 24.3 Å². The quantitative estimate of drug-likeness (QED) is 0.749. The lowest BCUT2D eigenvalue weighted by Gasteiger charge is -2.14. The molecule has 1 N–H and O–H groups in total. The number of carbonyl (C=O) groups is 2. The molecule has 0 saturated carbocycles. The van der Waals surface area contributed by atoms with Crippen LogP contribution in [0.4, 0.5) is 10.1 Å². The number of anilines is 1. The number of carbonyl (C=O) groups excluding carboxylic acids is 2. The number of rotatable bonds is 1. The largest absolute Gasteiger partial charge is 0.334 e. The maximum absolute atomic E-state index is 12.6. The monoisotopic (exact) mass is 236 g/mol. The molecule has 0 radical (unpaired) electrons. The summed E-state index contributed by atoms with van der Waals surface area (Å²) in [6, 6.07) is 5.31. The fraction of sp³-hybridized carbons (Fsp3) is 0.333. The maximum atomic E-state index is 12.6. The molecular weight excluding hydrogens is 223 g/mol. The smallest absolute Gasteiger partial charge is 0.313 e. The minimum Gasteiger partial charge on any atom is -0.334 e. The van der Waals surface area contributed by atoms with Gasteiger partial charge in [0.25, 0.3) is 0 Å². The molecule has 1 fully saturated rings. The first-order chi connectivity index (χ1) is 8.16. The highest BCUT2D eigenvalue weighted by molar-refractivity contribution is 6.39. The van der Waals surface area contributed by atoms with Crippen molar-refractivity contribution in [3.63, 3.8) is 0 Å². The average Bonchev–Trinajstić information content (AvgIpc) is 2.84. The van der Waals surface area contributed by atoms with Crippen molar-refractivity contribution in [1.29, 1.82) is 0 Å². The van der Waals surface area contributed by atoms with Crippen LogP contribution in [0.2, 0.25) is 0 Å². The number of likely N-dealkylation sites (tertiary alicyclic amines) is 1. The molecule has 0 aliphatic carbocycles. The summed E-state index contributed by atoms with van der Waals surface area (Å²) < 4.78 is 12.6. The van der Waals surface area contributed by atoms with Gasteiger partial charge in [-0.1, -0.05) is 0 Å². The summed E-state index contributed by atoms with van der Waals surface area (Å²) in [4.78, 5) is 24.8. The molecule has 1 aromatic carbocycles. The predicted octanol–water partition coefficient (Wildman–Crippen LogP) is 1.39. The number of halogens is 1. The zero-order valence-corrected chi connectivity index (χ0v) is 9.28. The van der Waals surface area contributed by atoms with Crippen LogP contribution in [-0.4, -0.2) is 29.8 Å². The molecule has 4 nitrogen and oxygen atoms in total. The highest BCUT2D eigenvalue weighted by atomic mass is 19.1. The average molecular weight is 236 g/mol. The van der Waals surface area contributed by atoms with Gasteiger partial charge in [0.2, 0.25) is 0 Å². The third-order valence-electron chi connectivity index (χ3n) is 2.69. The first-order valence-corrected chi connectivity index (χ1v) is 5.52. The van der Waals surface area contributed by atoms with E-state index in [4.69, 9.17) is 0 Å². The number of hydrogen-bond acceptors (Lipinski definition) is 2. The summed E-state index contributed by atoms with van der Waals surface area (Å²) in [5.41, 5.74) is 0.420. The van der Waals surface area contributed by atoms with Gasteiger partial charge in [-0.2, -0.15) is 0 Å². The lowest BCUT2D eigenvalue weighted by Crippen LogP contribution is -2.37. The Kier molecular flexibility index (Phi) is 3.37. The van der Waals surface area contributed by atoms with E-state index in [1.54, 1.807) is 0 Å². The van der Waals surface area contributed by atoms with Crippen molar-refractivity contribution in [3.8, 4) is 0 Å². The molecule has 0 bridgehead atoms. The highest BCUT2D eigenvalue weighted by Gasteiger charge is 2.24.